The van der Waals surface area contributed by atoms with Crippen LogP contribution in [0, 0.1) is 5.41 Å². The van der Waals surface area contributed by atoms with Gasteiger partial charge in [0, 0.05) is 24.0 Å². The Labute approximate surface area is 122 Å². The molecular weight excluding hydrogens is 308 g/mol. The summed E-state index contributed by atoms with van der Waals surface area (Å²) in [4.78, 5) is 4.25. The molecule has 2 aliphatic heterocycles. The quantitative estimate of drug-likeness (QED) is 0.911. The normalized spacial score (nSPS) is 33.3. The zero-order valence-electron chi connectivity index (χ0n) is 10.9. The minimum absolute atomic E-state index is 0.483. The van der Waals surface area contributed by atoms with Crippen LogP contribution >= 0.6 is 27.3 Å². The summed E-state index contributed by atoms with van der Waals surface area (Å²) in [5, 5.41) is 3.51. The van der Waals surface area contributed by atoms with Gasteiger partial charge in [0.15, 0.2) is 0 Å². The fourth-order valence-corrected chi connectivity index (χ4v) is 4.93. The maximum absolute atomic E-state index is 3.59. The lowest BCUT2D eigenvalue weighted by Crippen LogP contribution is -2.36. The van der Waals surface area contributed by atoms with E-state index < -0.39 is 0 Å². The van der Waals surface area contributed by atoms with Gasteiger partial charge in [0.25, 0.3) is 0 Å². The zero-order valence-corrected chi connectivity index (χ0v) is 13.3. The molecule has 0 bridgehead atoms. The second-order valence-corrected chi connectivity index (χ2v) is 8.50. The smallest absolute Gasteiger partial charge is 0.0701 e. The standard InChI is InChI=1S/C14H21BrN2S/c1-14(6-7-16-9-14)10-17-8-2-3-11(17)12-4-5-13(15)18-12/h4-5,11,16H,2-3,6-10H2,1H3. The summed E-state index contributed by atoms with van der Waals surface area (Å²) < 4.78 is 1.26. The number of nitrogens with zero attached hydrogens (tertiary/aromatic N) is 1. The van der Waals surface area contributed by atoms with Gasteiger partial charge in [0.2, 0.25) is 0 Å². The van der Waals surface area contributed by atoms with Gasteiger partial charge < -0.3 is 5.32 Å². The summed E-state index contributed by atoms with van der Waals surface area (Å²) in [6, 6.07) is 5.15. The Balaban J connectivity index is 1.71. The Kier molecular flexibility index (Phi) is 3.81. The lowest BCUT2D eigenvalue weighted by atomic mass is 9.89. The van der Waals surface area contributed by atoms with Crippen molar-refractivity contribution in [1.82, 2.24) is 10.2 Å². The van der Waals surface area contributed by atoms with E-state index in [1.165, 1.54) is 54.1 Å². The van der Waals surface area contributed by atoms with Crippen molar-refractivity contribution < 1.29 is 0 Å². The van der Waals surface area contributed by atoms with Gasteiger partial charge in [-0.2, -0.15) is 0 Å². The van der Waals surface area contributed by atoms with Gasteiger partial charge in [-0.15, -0.1) is 11.3 Å². The van der Waals surface area contributed by atoms with Crippen molar-refractivity contribution in [1.29, 1.82) is 0 Å². The number of hydrogen-bond donors (Lipinski definition) is 1. The van der Waals surface area contributed by atoms with Crippen LogP contribution in [0.1, 0.15) is 37.1 Å². The van der Waals surface area contributed by atoms with E-state index in [1.54, 1.807) is 0 Å². The van der Waals surface area contributed by atoms with Crippen molar-refractivity contribution in [2.45, 2.75) is 32.2 Å². The van der Waals surface area contributed by atoms with Crippen LogP contribution in [0.2, 0.25) is 0 Å². The van der Waals surface area contributed by atoms with Crippen LogP contribution in [-0.4, -0.2) is 31.1 Å². The number of thiophene rings is 1. The van der Waals surface area contributed by atoms with E-state index in [-0.39, 0.29) is 0 Å². The van der Waals surface area contributed by atoms with Gasteiger partial charge in [0.1, 0.15) is 0 Å². The van der Waals surface area contributed by atoms with Gasteiger partial charge >= 0.3 is 0 Å². The lowest BCUT2D eigenvalue weighted by Gasteiger charge is -2.32. The van der Waals surface area contributed by atoms with Crippen LogP contribution in [0.25, 0.3) is 0 Å². The molecule has 0 aromatic carbocycles. The van der Waals surface area contributed by atoms with Crippen LogP contribution in [0.5, 0.6) is 0 Å². The van der Waals surface area contributed by atoms with E-state index in [4.69, 9.17) is 0 Å². The third-order valence-electron chi connectivity index (χ3n) is 4.33. The number of nitrogens with one attached hydrogen (secondary N) is 1. The number of likely N-dealkylation sites (tertiary alicyclic amines) is 1. The third-order valence-corrected chi connectivity index (χ3v) is 6.05. The maximum Gasteiger partial charge on any atom is 0.0701 e. The van der Waals surface area contributed by atoms with Crippen LogP contribution < -0.4 is 5.32 Å². The van der Waals surface area contributed by atoms with E-state index in [2.05, 4.69) is 45.2 Å². The van der Waals surface area contributed by atoms with Crippen molar-refractivity contribution in [3.05, 3.63) is 20.8 Å². The first-order chi connectivity index (χ1) is 8.66. The molecule has 0 radical (unpaired) electrons. The summed E-state index contributed by atoms with van der Waals surface area (Å²) in [5.74, 6) is 0. The Morgan fingerprint density at radius 3 is 3.11 bits per heavy atom. The van der Waals surface area contributed by atoms with Gasteiger partial charge in [-0.3, -0.25) is 4.90 Å². The molecule has 2 saturated heterocycles. The third kappa shape index (κ3) is 2.67. The Morgan fingerprint density at radius 2 is 2.44 bits per heavy atom. The largest absolute Gasteiger partial charge is 0.316 e. The van der Waals surface area contributed by atoms with Crippen LogP contribution in [0.4, 0.5) is 0 Å². The topological polar surface area (TPSA) is 15.3 Å². The van der Waals surface area contributed by atoms with Crippen molar-refractivity contribution in [2.24, 2.45) is 5.41 Å². The van der Waals surface area contributed by atoms with Crippen molar-refractivity contribution in [3.63, 3.8) is 0 Å². The van der Waals surface area contributed by atoms with Gasteiger partial charge in [-0.1, -0.05) is 6.92 Å². The molecule has 2 nitrogen and oxygen atoms in total. The monoisotopic (exact) mass is 328 g/mol. The summed E-state index contributed by atoms with van der Waals surface area (Å²) in [6.45, 7) is 7.34. The van der Waals surface area contributed by atoms with E-state index in [0.29, 0.717) is 11.5 Å². The molecule has 0 saturated carbocycles. The Morgan fingerprint density at radius 1 is 1.56 bits per heavy atom. The average molecular weight is 329 g/mol. The average Bonchev–Trinajstić information content (AvgIpc) is 3.01. The number of hydrogen-bond acceptors (Lipinski definition) is 3. The summed E-state index contributed by atoms with van der Waals surface area (Å²) in [6.07, 6.45) is 4.00. The fraction of sp³-hybridized carbons (Fsp3) is 0.714. The molecule has 0 aliphatic carbocycles. The summed E-state index contributed by atoms with van der Waals surface area (Å²) in [7, 11) is 0. The van der Waals surface area contributed by atoms with E-state index in [0.717, 1.165) is 0 Å². The summed E-state index contributed by atoms with van der Waals surface area (Å²) >= 11 is 5.49. The second-order valence-electron chi connectivity index (χ2n) is 6.01. The summed E-state index contributed by atoms with van der Waals surface area (Å²) in [5.41, 5.74) is 0.483. The molecule has 3 heterocycles. The first kappa shape index (κ1) is 13.1. The van der Waals surface area contributed by atoms with E-state index >= 15 is 0 Å². The highest BCUT2D eigenvalue weighted by Gasteiger charge is 2.35. The van der Waals surface area contributed by atoms with Crippen molar-refractivity contribution >= 4 is 27.3 Å². The minimum atomic E-state index is 0.483. The highest BCUT2D eigenvalue weighted by Crippen LogP contribution is 2.39. The molecule has 100 valence electrons. The molecule has 3 rings (SSSR count). The van der Waals surface area contributed by atoms with Crippen LogP contribution in [0.3, 0.4) is 0 Å². The first-order valence-corrected chi connectivity index (χ1v) is 8.47. The van der Waals surface area contributed by atoms with Gasteiger partial charge in [-0.05, 0) is 65.8 Å². The molecule has 4 heteroatoms. The van der Waals surface area contributed by atoms with Crippen molar-refractivity contribution in [3.8, 4) is 0 Å². The molecule has 2 fully saturated rings. The molecule has 2 aliphatic rings. The van der Waals surface area contributed by atoms with Gasteiger partial charge in [-0.25, -0.2) is 0 Å². The molecule has 18 heavy (non-hydrogen) atoms. The van der Waals surface area contributed by atoms with E-state index in [9.17, 15) is 0 Å². The Hall–Kier alpha value is 0.1000. The zero-order chi connectivity index (χ0) is 12.6. The fourth-order valence-electron chi connectivity index (χ4n) is 3.34. The van der Waals surface area contributed by atoms with Gasteiger partial charge in [0.05, 0.1) is 3.79 Å². The van der Waals surface area contributed by atoms with E-state index in [1.807, 2.05) is 11.3 Å². The number of halogens is 1. The van der Waals surface area contributed by atoms with Crippen molar-refractivity contribution in [2.75, 3.05) is 26.2 Å². The van der Waals surface area contributed by atoms with Crippen LogP contribution in [-0.2, 0) is 0 Å². The maximum atomic E-state index is 3.59. The number of rotatable bonds is 3. The molecule has 2 atom stereocenters. The highest BCUT2D eigenvalue weighted by molar-refractivity contribution is 9.11. The SMILES string of the molecule is CC1(CN2CCCC2c2ccc(Br)s2)CCNC1. The second kappa shape index (κ2) is 5.23. The molecule has 1 aromatic heterocycles. The highest BCUT2D eigenvalue weighted by atomic mass is 79.9. The molecule has 1 aromatic rings. The predicted octanol–water partition coefficient (Wildman–Crippen LogP) is 3.65. The van der Waals surface area contributed by atoms with Crippen LogP contribution in [0.15, 0.2) is 15.9 Å². The Bertz CT molecular complexity index is 412. The molecule has 1 N–H and O–H groups in total. The molecule has 0 amide bonds. The lowest BCUT2D eigenvalue weighted by molar-refractivity contribution is 0.167. The molecular formula is C14H21BrN2S. The molecule has 2 unspecified atom stereocenters. The minimum Gasteiger partial charge on any atom is -0.316 e. The predicted molar refractivity (Wildman–Crippen MR) is 81.2 cm³/mol. The molecule has 0 spiro atoms. The first-order valence-electron chi connectivity index (χ1n) is 6.86.